The first-order valence-electron chi connectivity index (χ1n) is 7.33. The van der Waals surface area contributed by atoms with Gasteiger partial charge in [0.25, 0.3) is 5.56 Å². The molecule has 0 saturated carbocycles. The molecule has 2 heterocycles. The van der Waals surface area contributed by atoms with Gasteiger partial charge in [0, 0.05) is 32.0 Å². The minimum absolute atomic E-state index is 0.0270. The summed E-state index contributed by atoms with van der Waals surface area (Å²) in [7, 11) is 0. The van der Waals surface area contributed by atoms with Gasteiger partial charge in [0.15, 0.2) is 5.82 Å². The van der Waals surface area contributed by atoms with Crippen molar-refractivity contribution < 1.29 is 0 Å². The maximum atomic E-state index is 12.0. The van der Waals surface area contributed by atoms with Crippen molar-refractivity contribution in [1.82, 2.24) is 14.5 Å². The SMILES string of the molecule is CCn1ccnc(NCCN2CCCCCC2)c1=O. The Bertz CT molecular complexity index is 435. The van der Waals surface area contributed by atoms with Gasteiger partial charge in [0.05, 0.1) is 0 Å². The number of aromatic nitrogens is 2. The molecule has 1 fully saturated rings. The molecule has 0 bridgehead atoms. The first-order valence-corrected chi connectivity index (χ1v) is 7.33. The van der Waals surface area contributed by atoms with E-state index in [1.54, 1.807) is 17.0 Å². The summed E-state index contributed by atoms with van der Waals surface area (Å²) >= 11 is 0. The van der Waals surface area contributed by atoms with Crippen LogP contribution in [0.1, 0.15) is 32.6 Å². The lowest BCUT2D eigenvalue weighted by atomic mass is 10.2. The predicted octanol–water partition coefficient (Wildman–Crippen LogP) is 1.55. The van der Waals surface area contributed by atoms with Crippen molar-refractivity contribution in [1.29, 1.82) is 0 Å². The Balaban J connectivity index is 1.83. The van der Waals surface area contributed by atoms with Crippen LogP contribution < -0.4 is 10.9 Å². The van der Waals surface area contributed by atoms with Crippen LogP contribution in [0.2, 0.25) is 0 Å². The van der Waals surface area contributed by atoms with Gasteiger partial charge in [0.2, 0.25) is 0 Å². The number of anilines is 1. The Labute approximate surface area is 114 Å². The van der Waals surface area contributed by atoms with Crippen molar-refractivity contribution in [3.8, 4) is 0 Å². The molecule has 19 heavy (non-hydrogen) atoms. The van der Waals surface area contributed by atoms with Gasteiger partial charge in [-0.25, -0.2) is 4.98 Å². The summed E-state index contributed by atoms with van der Waals surface area (Å²) in [4.78, 5) is 18.6. The number of nitrogens with one attached hydrogen (secondary N) is 1. The fourth-order valence-corrected chi connectivity index (χ4v) is 2.51. The summed E-state index contributed by atoms with van der Waals surface area (Å²) in [6.45, 7) is 6.79. The minimum atomic E-state index is -0.0270. The summed E-state index contributed by atoms with van der Waals surface area (Å²) in [5.74, 6) is 0.471. The molecule has 2 rings (SSSR count). The number of hydrogen-bond donors (Lipinski definition) is 1. The Morgan fingerprint density at radius 1 is 1.26 bits per heavy atom. The zero-order valence-corrected chi connectivity index (χ0v) is 11.8. The Morgan fingerprint density at radius 2 is 2.00 bits per heavy atom. The van der Waals surface area contributed by atoms with E-state index >= 15 is 0 Å². The van der Waals surface area contributed by atoms with E-state index < -0.39 is 0 Å². The van der Waals surface area contributed by atoms with Gasteiger partial charge in [-0.2, -0.15) is 0 Å². The molecule has 0 radical (unpaired) electrons. The highest BCUT2D eigenvalue weighted by atomic mass is 16.1. The van der Waals surface area contributed by atoms with Crippen molar-refractivity contribution in [3.05, 3.63) is 22.7 Å². The molecular formula is C14H24N4O. The third kappa shape index (κ3) is 4.06. The quantitative estimate of drug-likeness (QED) is 0.876. The molecule has 106 valence electrons. The van der Waals surface area contributed by atoms with Gasteiger partial charge < -0.3 is 14.8 Å². The number of aryl methyl sites for hydroxylation is 1. The predicted molar refractivity (Wildman–Crippen MR) is 77.6 cm³/mol. The first-order chi connectivity index (χ1) is 9.31. The Hall–Kier alpha value is -1.36. The van der Waals surface area contributed by atoms with E-state index in [1.807, 2.05) is 6.92 Å². The zero-order chi connectivity index (χ0) is 13.5. The van der Waals surface area contributed by atoms with Crippen molar-refractivity contribution in [3.63, 3.8) is 0 Å². The lowest BCUT2D eigenvalue weighted by Gasteiger charge is -2.19. The van der Waals surface area contributed by atoms with E-state index in [0.29, 0.717) is 12.4 Å². The summed E-state index contributed by atoms with van der Waals surface area (Å²) in [5.41, 5.74) is -0.0270. The smallest absolute Gasteiger partial charge is 0.293 e. The second-order valence-corrected chi connectivity index (χ2v) is 5.05. The Kier molecular flexibility index (Phi) is 5.39. The molecule has 5 heteroatoms. The summed E-state index contributed by atoms with van der Waals surface area (Å²) < 4.78 is 1.67. The van der Waals surface area contributed by atoms with Crippen LogP contribution in [0.25, 0.3) is 0 Å². The van der Waals surface area contributed by atoms with E-state index in [2.05, 4.69) is 15.2 Å². The average molecular weight is 264 g/mol. The van der Waals surface area contributed by atoms with E-state index in [1.165, 1.54) is 38.8 Å². The average Bonchev–Trinajstić information content (AvgIpc) is 2.69. The maximum absolute atomic E-state index is 12.0. The first kappa shape index (κ1) is 14.1. The fraction of sp³-hybridized carbons (Fsp3) is 0.714. The van der Waals surface area contributed by atoms with Gasteiger partial charge in [-0.1, -0.05) is 12.8 Å². The van der Waals surface area contributed by atoms with Crippen molar-refractivity contribution in [2.45, 2.75) is 39.2 Å². The van der Waals surface area contributed by atoms with Crippen LogP contribution in [0, 0.1) is 0 Å². The minimum Gasteiger partial charge on any atom is -0.364 e. The van der Waals surface area contributed by atoms with Gasteiger partial charge in [0.1, 0.15) is 0 Å². The molecule has 0 atom stereocenters. The third-order valence-corrected chi connectivity index (χ3v) is 3.67. The second kappa shape index (κ2) is 7.28. The standard InChI is InChI=1S/C14H24N4O/c1-2-18-12-8-16-13(14(18)19)15-7-11-17-9-5-3-4-6-10-17/h8,12H,2-7,9-11H2,1H3,(H,15,16). The number of likely N-dealkylation sites (tertiary alicyclic amines) is 1. The molecule has 0 amide bonds. The molecule has 1 aromatic rings. The normalized spacial score (nSPS) is 17.1. The topological polar surface area (TPSA) is 50.2 Å². The number of nitrogens with zero attached hydrogens (tertiary/aromatic N) is 3. The highest BCUT2D eigenvalue weighted by Gasteiger charge is 2.09. The van der Waals surface area contributed by atoms with Crippen LogP contribution in [-0.2, 0) is 6.54 Å². The van der Waals surface area contributed by atoms with E-state index in [9.17, 15) is 4.79 Å². The molecule has 1 aliphatic rings. The van der Waals surface area contributed by atoms with Crippen LogP contribution in [0.3, 0.4) is 0 Å². The highest BCUT2D eigenvalue weighted by molar-refractivity contribution is 5.30. The van der Waals surface area contributed by atoms with E-state index in [-0.39, 0.29) is 5.56 Å². The second-order valence-electron chi connectivity index (χ2n) is 5.05. The maximum Gasteiger partial charge on any atom is 0.293 e. The van der Waals surface area contributed by atoms with Crippen LogP contribution >= 0.6 is 0 Å². The van der Waals surface area contributed by atoms with Crippen molar-refractivity contribution in [2.75, 3.05) is 31.5 Å². The molecule has 0 aromatic carbocycles. The monoisotopic (exact) mass is 264 g/mol. The summed E-state index contributed by atoms with van der Waals surface area (Å²) in [6, 6.07) is 0. The van der Waals surface area contributed by atoms with Crippen molar-refractivity contribution >= 4 is 5.82 Å². The molecule has 5 nitrogen and oxygen atoms in total. The Morgan fingerprint density at radius 3 is 2.68 bits per heavy atom. The molecule has 1 aromatic heterocycles. The molecule has 1 saturated heterocycles. The summed E-state index contributed by atoms with van der Waals surface area (Å²) in [6.07, 6.45) is 8.71. The van der Waals surface area contributed by atoms with E-state index in [0.717, 1.165) is 13.1 Å². The van der Waals surface area contributed by atoms with Gasteiger partial charge in [-0.3, -0.25) is 4.79 Å². The van der Waals surface area contributed by atoms with Gasteiger partial charge in [-0.15, -0.1) is 0 Å². The van der Waals surface area contributed by atoms with Crippen molar-refractivity contribution in [2.24, 2.45) is 0 Å². The molecule has 0 unspecified atom stereocenters. The fourth-order valence-electron chi connectivity index (χ4n) is 2.51. The molecular weight excluding hydrogens is 240 g/mol. The zero-order valence-electron chi connectivity index (χ0n) is 11.8. The largest absolute Gasteiger partial charge is 0.364 e. The number of hydrogen-bond acceptors (Lipinski definition) is 4. The van der Waals surface area contributed by atoms with Crippen LogP contribution in [0.5, 0.6) is 0 Å². The molecule has 0 aliphatic carbocycles. The van der Waals surface area contributed by atoms with Gasteiger partial charge in [-0.05, 0) is 32.9 Å². The van der Waals surface area contributed by atoms with Crippen LogP contribution in [0.4, 0.5) is 5.82 Å². The van der Waals surface area contributed by atoms with Crippen LogP contribution in [0.15, 0.2) is 17.2 Å². The molecule has 0 spiro atoms. The lowest BCUT2D eigenvalue weighted by molar-refractivity contribution is 0.296. The third-order valence-electron chi connectivity index (χ3n) is 3.67. The molecule has 1 aliphatic heterocycles. The highest BCUT2D eigenvalue weighted by Crippen LogP contribution is 2.08. The van der Waals surface area contributed by atoms with Crippen LogP contribution in [-0.4, -0.2) is 40.6 Å². The number of rotatable bonds is 5. The summed E-state index contributed by atoms with van der Waals surface area (Å²) in [5, 5.41) is 3.17. The lowest BCUT2D eigenvalue weighted by Crippen LogP contribution is -2.32. The van der Waals surface area contributed by atoms with Gasteiger partial charge >= 0.3 is 0 Å². The molecule has 1 N–H and O–H groups in total. The van der Waals surface area contributed by atoms with E-state index in [4.69, 9.17) is 0 Å².